The Balaban J connectivity index is 1.83. The summed E-state index contributed by atoms with van der Waals surface area (Å²) in [5, 5.41) is 3.04. The predicted octanol–water partition coefficient (Wildman–Crippen LogP) is 4.04. The lowest BCUT2D eigenvalue weighted by Crippen LogP contribution is -2.39. The summed E-state index contributed by atoms with van der Waals surface area (Å²) >= 11 is 0. The van der Waals surface area contributed by atoms with Crippen molar-refractivity contribution in [2.24, 2.45) is 5.92 Å². The molecule has 1 aromatic heterocycles. The molecule has 1 heterocycles. The molecule has 2 aromatic carbocycles. The van der Waals surface area contributed by atoms with E-state index in [1.165, 1.54) is 24.3 Å². The number of hydrogen-bond donors (Lipinski definition) is 2. The van der Waals surface area contributed by atoms with Crippen LogP contribution in [0.2, 0.25) is 0 Å². The molecular formula is C25H23F2N3O2. The third-order valence-electron chi connectivity index (χ3n) is 6.08. The summed E-state index contributed by atoms with van der Waals surface area (Å²) in [5.41, 5.74) is 3.29. The monoisotopic (exact) mass is 435 g/mol. The van der Waals surface area contributed by atoms with Gasteiger partial charge >= 0.3 is 0 Å². The zero-order chi connectivity index (χ0) is 22.8. The van der Waals surface area contributed by atoms with Gasteiger partial charge in [-0.05, 0) is 49.4 Å². The van der Waals surface area contributed by atoms with Crippen LogP contribution in [0.15, 0.2) is 47.3 Å². The van der Waals surface area contributed by atoms with Gasteiger partial charge in [-0.25, -0.2) is 13.5 Å². The van der Waals surface area contributed by atoms with Crippen LogP contribution in [0.25, 0.3) is 10.8 Å². The third-order valence-corrected chi connectivity index (χ3v) is 6.08. The Kier molecular flexibility index (Phi) is 5.95. The van der Waals surface area contributed by atoms with Crippen molar-refractivity contribution in [3.05, 3.63) is 81.3 Å². The number of pyridine rings is 1. The summed E-state index contributed by atoms with van der Waals surface area (Å²) in [6, 6.07) is 9.97. The molecule has 1 fully saturated rings. The second-order valence-corrected chi connectivity index (χ2v) is 8.00. The van der Waals surface area contributed by atoms with E-state index in [9.17, 15) is 18.4 Å². The largest absolute Gasteiger partial charge is 0.345 e. The molecule has 0 unspecified atom stereocenters. The molecule has 7 heteroatoms. The number of hydrogen-bond acceptors (Lipinski definition) is 3. The van der Waals surface area contributed by atoms with E-state index in [1.807, 2.05) is 0 Å². The molecule has 32 heavy (non-hydrogen) atoms. The third kappa shape index (κ3) is 3.84. The van der Waals surface area contributed by atoms with E-state index in [0.717, 1.165) is 23.9 Å². The minimum Gasteiger partial charge on any atom is -0.345 e. The number of amides is 1. The van der Waals surface area contributed by atoms with Crippen molar-refractivity contribution in [1.82, 2.24) is 9.99 Å². The number of nitrogens with one attached hydrogen (secondary N) is 2. The molecule has 1 amide bonds. The Morgan fingerprint density at radius 1 is 1.25 bits per heavy atom. The van der Waals surface area contributed by atoms with Crippen LogP contribution in [0.1, 0.15) is 46.9 Å². The molecule has 0 saturated heterocycles. The number of terminal acetylenes is 1. The van der Waals surface area contributed by atoms with Gasteiger partial charge in [-0.1, -0.05) is 36.6 Å². The van der Waals surface area contributed by atoms with Crippen molar-refractivity contribution in [3.63, 3.8) is 0 Å². The highest BCUT2D eigenvalue weighted by atomic mass is 19.1. The van der Waals surface area contributed by atoms with Crippen LogP contribution in [0.3, 0.4) is 0 Å². The van der Waals surface area contributed by atoms with Crippen molar-refractivity contribution in [3.8, 4) is 12.3 Å². The molecule has 5 nitrogen and oxygen atoms in total. The Bertz CT molecular complexity index is 1290. The summed E-state index contributed by atoms with van der Waals surface area (Å²) < 4.78 is 29.6. The van der Waals surface area contributed by atoms with Crippen LogP contribution in [0.4, 0.5) is 8.78 Å². The SMILES string of the molecule is C#CCNn1c(C)c(C(=O)N[C@H](c2cccc(F)c2)C2CCC2)c2cccc(F)c2c1=O. The van der Waals surface area contributed by atoms with Crippen molar-refractivity contribution in [1.29, 1.82) is 0 Å². The van der Waals surface area contributed by atoms with Gasteiger partial charge in [0.15, 0.2) is 0 Å². The quantitative estimate of drug-likeness (QED) is 0.575. The Labute approximate surface area is 184 Å². The summed E-state index contributed by atoms with van der Waals surface area (Å²) in [6.07, 6.45) is 8.18. The Hall–Kier alpha value is -3.66. The number of halogens is 2. The molecule has 0 radical (unpaired) electrons. The number of rotatable bonds is 6. The van der Waals surface area contributed by atoms with E-state index in [0.29, 0.717) is 11.3 Å². The average molecular weight is 435 g/mol. The molecule has 4 rings (SSSR count). The average Bonchev–Trinajstić information content (AvgIpc) is 2.72. The fourth-order valence-corrected chi connectivity index (χ4v) is 4.28. The van der Waals surface area contributed by atoms with Gasteiger partial charge in [0, 0.05) is 5.39 Å². The normalized spacial score (nSPS) is 14.4. The van der Waals surface area contributed by atoms with Crippen molar-refractivity contribution in [2.45, 2.75) is 32.2 Å². The van der Waals surface area contributed by atoms with E-state index >= 15 is 0 Å². The number of nitrogens with zero attached hydrogens (tertiary/aromatic N) is 1. The molecule has 1 aliphatic carbocycles. The van der Waals surface area contributed by atoms with Gasteiger partial charge in [-0.3, -0.25) is 9.59 Å². The van der Waals surface area contributed by atoms with E-state index < -0.39 is 23.3 Å². The van der Waals surface area contributed by atoms with Gasteiger partial charge in [0.2, 0.25) is 0 Å². The first-order chi connectivity index (χ1) is 15.4. The number of aromatic nitrogens is 1. The van der Waals surface area contributed by atoms with Gasteiger partial charge in [0.05, 0.1) is 29.2 Å². The molecule has 1 saturated carbocycles. The minimum absolute atomic E-state index is 0.0236. The van der Waals surface area contributed by atoms with Crippen molar-refractivity contribution < 1.29 is 13.6 Å². The first-order valence-electron chi connectivity index (χ1n) is 10.5. The van der Waals surface area contributed by atoms with Crippen LogP contribution < -0.4 is 16.3 Å². The van der Waals surface area contributed by atoms with Crippen LogP contribution in [-0.4, -0.2) is 17.1 Å². The van der Waals surface area contributed by atoms with E-state index in [-0.39, 0.29) is 34.6 Å². The lowest BCUT2D eigenvalue weighted by atomic mass is 9.77. The zero-order valence-corrected chi connectivity index (χ0v) is 17.6. The zero-order valence-electron chi connectivity index (χ0n) is 17.6. The summed E-state index contributed by atoms with van der Waals surface area (Å²) in [4.78, 5) is 26.4. The van der Waals surface area contributed by atoms with Gasteiger partial charge in [0.25, 0.3) is 11.5 Å². The molecular weight excluding hydrogens is 412 g/mol. The molecule has 0 aliphatic heterocycles. The minimum atomic E-state index is -0.724. The number of fused-ring (bicyclic) bond motifs is 1. The fraction of sp³-hybridized carbons (Fsp3) is 0.280. The van der Waals surface area contributed by atoms with Crippen LogP contribution in [0.5, 0.6) is 0 Å². The van der Waals surface area contributed by atoms with Gasteiger partial charge in [-0.2, -0.15) is 0 Å². The van der Waals surface area contributed by atoms with Crippen molar-refractivity contribution in [2.75, 3.05) is 12.0 Å². The smallest absolute Gasteiger partial charge is 0.279 e. The molecule has 1 aliphatic rings. The van der Waals surface area contributed by atoms with Crippen molar-refractivity contribution >= 4 is 16.7 Å². The highest BCUT2D eigenvalue weighted by Gasteiger charge is 2.31. The van der Waals surface area contributed by atoms with Gasteiger partial charge in [-0.15, -0.1) is 6.42 Å². The number of carbonyl (C=O) groups is 1. The standard InChI is InChI=1S/C25H23F2N3O2/c1-3-13-28-30-15(2)21(19-11-6-12-20(27)22(19)25(30)32)24(31)29-23(16-7-4-8-16)17-9-5-10-18(26)14-17/h1,5-6,9-12,14,16,23,28H,4,7-8,13H2,2H3,(H,29,31)/t23-/m0/s1. The molecule has 164 valence electrons. The Morgan fingerprint density at radius 2 is 2.00 bits per heavy atom. The first kappa shape index (κ1) is 21.6. The summed E-state index contributed by atoms with van der Waals surface area (Å²) in [5.74, 6) is 0.982. The summed E-state index contributed by atoms with van der Waals surface area (Å²) in [6.45, 7) is 1.63. The number of carbonyl (C=O) groups excluding carboxylic acids is 1. The first-order valence-corrected chi connectivity index (χ1v) is 10.5. The van der Waals surface area contributed by atoms with Crippen LogP contribution >= 0.6 is 0 Å². The molecule has 0 spiro atoms. The Morgan fingerprint density at radius 3 is 2.66 bits per heavy atom. The fourth-order valence-electron chi connectivity index (χ4n) is 4.28. The maximum Gasteiger partial charge on any atom is 0.279 e. The van der Waals surface area contributed by atoms with Crippen LogP contribution in [-0.2, 0) is 0 Å². The lowest BCUT2D eigenvalue weighted by molar-refractivity contribution is 0.0900. The van der Waals surface area contributed by atoms with E-state index in [1.54, 1.807) is 25.1 Å². The highest BCUT2D eigenvalue weighted by molar-refractivity contribution is 6.08. The maximum absolute atomic E-state index is 14.6. The predicted molar refractivity (Wildman–Crippen MR) is 120 cm³/mol. The van der Waals surface area contributed by atoms with E-state index in [4.69, 9.17) is 6.42 Å². The van der Waals surface area contributed by atoms with Crippen LogP contribution in [0, 0.1) is 36.8 Å². The molecule has 2 N–H and O–H groups in total. The van der Waals surface area contributed by atoms with E-state index in [2.05, 4.69) is 16.7 Å². The second kappa shape index (κ2) is 8.83. The lowest BCUT2D eigenvalue weighted by Gasteiger charge is -2.35. The highest BCUT2D eigenvalue weighted by Crippen LogP contribution is 2.38. The maximum atomic E-state index is 14.6. The van der Waals surface area contributed by atoms with Gasteiger partial charge < -0.3 is 10.7 Å². The van der Waals surface area contributed by atoms with Gasteiger partial charge in [0.1, 0.15) is 11.6 Å². The molecule has 3 aromatic rings. The molecule has 1 atom stereocenters. The molecule has 0 bridgehead atoms. The summed E-state index contributed by atoms with van der Waals surface area (Å²) in [7, 11) is 0. The topological polar surface area (TPSA) is 63.1 Å². The second-order valence-electron chi connectivity index (χ2n) is 8.00. The number of benzene rings is 2.